The van der Waals surface area contributed by atoms with E-state index in [4.69, 9.17) is 16.1 Å². The summed E-state index contributed by atoms with van der Waals surface area (Å²) in [5, 5.41) is 16.9. The number of nitrogens with one attached hydrogen (secondary N) is 1. The number of halogens is 1. The van der Waals surface area contributed by atoms with Gasteiger partial charge in [-0.15, -0.1) is 0 Å². The molecule has 0 fully saturated rings. The van der Waals surface area contributed by atoms with Crippen LogP contribution < -0.4 is 5.32 Å². The number of carbonyl (C=O) groups excluding carboxylic acids is 1. The van der Waals surface area contributed by atoms with Crippen molar-refractivity contribution >= 4 is 17.5 Å². The molecule has 0 saturated heterocycles. The van der Waals surface area contributed by atoms with E-state index < -0.39 is 5.60 Å². The van der Waals surface area contributed by atoms with Crippen LogP contribution in [0.2, 0.25) is 5.22 Å². The van der Waals surface area contributed by atoms with Crippen molar-refractivity contribution in [3.05, 3.63) is 16.5 Å². The highest BCUT2D eigenvalue weighted by molar-refractivity contribution is 6.29. The van der Waals surface area contributed by atoms with E-state index >= 15 is 0 Å². The Morgan fingerprint density at radius 3 is 2.75 bits per heavy atom. The largest absolute Gasteiger partial charge is 0.388 e. The maximum Gasteiger partial charge on any atom is 0.229 e. The first kappa shape index (κ1) is 17.0. The number of aryl methyl sites for hydroxylation is 1. The van der Waals surface area contributed by atoms with Crippen LogP contribution in [0, 0.1) is 12.8 Å². The highest BCUT2D eigenvalue weighted by Crippen LogP contribution is 2.21. The molecule has 2 N–H and O–H groups in total. The van der Waals surface area contributed by atoms with Gasteiger partial charge in [-0.25, -0.2) is 0 Å². The Kier molecular flexibility index (Phi) is 6.02. The molecule has 20 heavy (non-hydrogen) atoms. The third-order valence-corrected chi connectivity index (χ3v) is 4.15. The lowest BCUT2D eigenvalue weighted by molar-refractivity contribution is -0.122. The quantitative estimate of drug-likeness (QED) is 0.811. The molecule has 2 atom stereocenters. The number of amides is 1. The smallest absolute Gasteiger partial charge is 0.229 e. The summed E-state index contributed by atoms with van der Waals surface area (Å²) in [5.74, 6) is 0.00260. The van der Waals surface area contributed by atoms with Crippen molar-refractivity contribution in [2.75, 3.05) is 6.54 Å². The molecule has 2 unspecified atom stereocenters. The van der Waals surface area contributed by atoms with E-state index in [1.54, 1.807) is 13.8 Å². The lowest BCUT2D eigenvalue weighted by atomic mass is 9.88. The van der Waals surface area contributed by atoms with Gasteiger partial charge in [0.25, 0.3) is 0 Å². The summed E-state index contributed by atoms with van der Waals surface area (Å²) in [7, 11) is 0. The highest BCUT2D eigenvalue weighted by Gasteiger charge is 2.27. The molecule has 5 nitrogen and oxygen atoms in total. The van der Waals surface area contributed by atoms with Gasteiger partial charge in [-0.1, -0.05) is 25.4 Å². The van der Waals surface area contributed by atoms with E-state index in [0.717, 1.165) is 12.0 Å². The molecule has 0 spiro atoms. The molecule has 0 aliphatic heterocycles. The topological polar surface area (TPSA) is 75.4 Å². The zero-order chi connectivity index (χ0) is 15.3. The van der Waals surface area contributed by atoms with E-state index in [9.17, 15) is 9.90 Å². The van der Waals surface area contributed by atoms with Crippen LogP contribution >= 0.6 is 11.6 Å². The average molecular weight is 303 g/mol. The molecule has 1 amide bonds. The van der Waals surface area contributed by atoms with Crippen molar-refractivity contribution < 1.29 is 14.4 Å². The summed E-state index contributed by atoms with van der Waals surface area (Å²) < 4.78 is 4.83. The van der Waals surface area contributed by atoms with Crippen molar-refractivity contribution in [3.63, 3.8) is 0 Å². The molecule has 0 bridgehead atoms. The third kappa shape index (κ3) is 4.49. The summed E-state index contributed by atoms with van der Waals surface area (Å²) in [4.78, 5) is 11.8. The summed E-state index contributed by atoms with van der Waals surface area (Å²) in [6.07, 6.45) is 1.63. The number of nitrogens with zero attached hydrogens (tertiary/aromatic N) is 1. The van der Waals surface area contributed by atoms with Crippen molar-refractivity contribution in [2.45, 2.75) is 52.6 Å². The lowest BCUT2D eigenvalue weighted by Crippen LogP contribution is -2.45. The minimum absolute atomic E-state index is 0.120. The van der Waals surface area contributed by atoms with Crippen molar-refractivity contribution in [3.8, 4) is 0 Å². The predicted octanol–water partition coefficient (Wildman–Crippen LogP) is 2.48. The summed E-state index contributed by atoms with van der Waals surface area (Å²) >= 11 is 5.84. The molecular weight excluding hydrogens is 280 g/mol. The fraction of sp³-hybridized carbons (Fsp3) is 0.714. The van der Waals surface area contributed by atoms with Crippen LogP contribution in [-0.4, -0.2) is 28.3 Å². The van der Waals surface area contributed by atoms with Gasteiger partial charge in [0.2, 0.25) is 11.1 Å². The number of aromatic nitrogens is 1. The second-order valence-corrected chi connectivity index (χ2v) is 5.81. The Morgan fingerprint density at radius 2 is 2.25 bits per heavy atom. The summed E-state index contributed by atoms with van der Waals surface area (Å²) in [6.45, 7) is 7.75. The molecule has 0 saturated carbocycles. The minimum atomic E-state index is -0.894. The molecule has 6 heteroatoms. The maximum absolute atomic E-state index is 11.8. The normalized spacial score (nSPS) is 15.7. The molecule has 0 aliphatic carbocycles. The van der Waals surface area contributed by atoms with Gasteiger partial charge in [0.05, 0.1) is 11.3 Å². The molecule has 0 radical (unpaired) electrons. The van der Waals surface area contributed by atoms with Gasteiger partial charge < -0.3 is 14.9 Å². The second-order valence-electron chi connectivity index (χ2n) is 5.46. The van der Waals surface area contributed by atoms with Crippen LogP contribution in [-0.2, 0) is 11.2 Å². The SMILES string of the molecule is CCC(C)C(C)(O)CNC(=O)CCc1c(C)noc1Cl. The molecule has 1 heterocycles. The zero-order valence-electron chi connectivity index (χ0n) is 12.5. The monoisotopic (exact) mass is 302 g/mol. The molecule has 1 rings (SSSR count). The van der Waals surface area contributed by atoms with E-state index in [0.29, 0.717) is 18.5 Å². The number of hydrogen-bond acceptors (Lipinski definition) is 4. The van der Waals surface area contributed by atoms with Crippen LogP contribution in [0.3, 0.4) is 0 Å². The molecular formula is C14H23ClN2O3. The average Bonchev–Trinajstić information content (AvgIpc) is 2.72. The number of carbonyl (C=O) groups is 1. The van der Waals surface area contributed by atoms with E-state index in [1.807, 2.05) is 13.8 Å². The van der Waals surface area contributed by atoms with Crippen LogP contribution in [0.15, 0.2) is 4.52 Å². The van der Waals surface area contributed by atoms with Gasteiger partial charge in [-0.2, -0.15) is 0 Å². The first-order valence-electron chi connectivity index (χ1n) is 6.87. The number of aliphatic hydroxyl groups is 1. The van der Waals surface area contributed by atoms with Gasteiger partial charge in [0, 0.05) is 18.5 Å². The molecule has 1 aromatic rings. The second kappa shape index (κ2) is 7.09. The van der Waals surface area contributed by atoms with Gasteiger partial charge in [-0.05, 0) is 37.8 Å². The Labute approximate surface area is 124 Å². The zero-order valence-corrected chi connectivity index (χ0v) is 13.3. The molecule has 0 aliphatic rings. The van der Waals surface area contributed by atoms with E-state index in [2.05, 4.69) is 10.5 Å². The molecule has 1 aromatic heterocycles. The van der Waals surface area contributed by atoms with Crippen LogP contribution in [0.25, 0.3) is 0 Å². The Morgan fingerprint density at radius 1 is 1.60 bits per heavy atom. The number of hydrogen-bond donors (Lipinski definition) is 2. The number of rotatable bonds is 7. The van der Waals surface area contributed by atoms with Crippen LogP contribution in [0.1, 0.15) is 44.9 Å². The fourth-order valence-corrected chi connectivity index (χ4v) is 2.12. The minimum Gasteiger partial charge on any atom is -0.388 e. The first-order valence-corrected chi connectivity index (χ1v) is 7.25. The first-order chi connectivity index (χ1) is 9.27. The Bertz CT molecular complexity index is 438. The van der Waals surface area contributed by atoms with Gasteiger partial charge in [-0.3, -0.25) is 4.79 Å². The summed E-state index contributed by atoms with van der Waals surface area (Å²) in [5.41, 5.74) is 0.569. The standard InChI is InChI=1S/C14H23ClN2O3/c1-5-9(2)14(4,19)8-16-12(18)7-6-11-10(3)17-20-13(11)15/h9,19H,5-8H2,1-4H3,(H,16,18). The maximum atomic E-state index is 11.8. The lowest BCUT2D eigenvalue weighted by Gasteiger charge is -2.29. The van der Waals surface area contributed by atoms with Gasteiger partial charge >= 0.3 is 0 Å². The van der Waals surface area contributed by atoms with E-state index in [1.165, 1.54) is 0 Å². The van der Waals surface area contributed by atoms with Crippen LogP contribution in [0.4, 0.5) is 0 Å². The Balaban J connectivity index is 2.42. The summed E-state index contributed by atoms with van der Waals surface area (Å²) in [6, 6.07) is 0. The molecule has 114 valence electrons. The van der Waals surface area contributed by atoms with Gasteiger partial charge in [0.1, 0.15) is 0 Å². The fourth-order valence-electron chi connectivity index (χ4n) is 1.86. The van der Waals surface area contributed by atoms with Gasteiger partial charge in [0.15, 0.2) is 0 Å². The van der Waals surface area contributed by atoms with Crippen molar-refractivity contribution in [1.82, 2.24) is 10.5 Å². The highest BCUT2D eigenvalue weighted by atomic mass is 35.5. The predicted molar refractivity (Wildman–Crippen MR) is 77.7 cm³/mol. The van der Waals surface area contributed by atoms with Crippen molar-refractivity contribution in [1.29, 1.82) is 0 Å². The van der Waals surface area contributed by atoms with Crippen LogP contribution in [0.5, 0.6) is 0 Å². The Hall–Kier alpha value is -1.07. The molecule has 0 aromatic carbocycles. The van der Waals surface area contributed by atoms with E-state index in [-0.39, 0.29) is 23.6 Å². The van der Waals surface area contributed by atoms with Crippen molar-refractivity contribution in [2.24, 2.45) is 5.92 Å². The third-order valence-electron chi connectivity index (χ3n) is 3.86.